The highest BCUT2D eigenvalue weighted by Crippen LogP contribution is 2.47. The number of carbonyl (C=O) groups is 1. The molecule has 1 aliphatic rings. The van der Waals surface area contributed by atoms with Crippen molar-refractivity contribution < 1.29 is 36.7 Å². The predicted molar refractivity (Wildman–Crippen MR) is 136 cm³/mol. The lowest BCUT2D eigenvalue weighted by Crippen LogP contribution is -2.35. The SMILES string of the molecule is C[C@H](N[P@](=O)(OC[C@@H]1CC(F)(F)[C@H](n2ccc(N)nc2=O)O1)Oc1ccccc1)C(=O)OCc1ccccc1. The van der Waals surface area contributed by atoms with Crippen LogP contribution in [0.3, 0.4) is 0 Å². The Hall–Kier alpha value is -3.64. The minimum Gasteiger partial charge on any atom is -0.460 e. The third-order valence-electron chi connectivity index (χ3n) is 5.62. The Morgan fingerprint density at radius 3 is 2.54 bits per heavy atom. The molecule has 1 fully saturated rings. The van der Waals surface area contributed by atoms with Crippen molar-refractivity contribution in [3.63, 3.8) is 0 Å². The van der Waals surface area contributed by atoms with Crippen LogP contribution in [0, 0.1) is 0 Å². The van der Waals surface area contributed by atoms with Crippen LogP contribution in [0.15, 0.2) is 77.7 Å². The Balaban J connectivity index is 1.44. The van der Waals surface area contributed by atoms with Crippen molar-refractivity contribution >= 4 is 19.5 Å². The second-order valence-corrected chi connectivity index (χ2v) is 10.5. The Morgan fingerprint density at radius 2 is 1.87 bits per heavy atom. The van der Waals surface area contributed by atoms with Gasteiger partial charge in [0.1, 0.15) is 24.2 Å². The average molecular weight is 564 g/mol. The molecule has 0 radical (unpaired) electrons. The van der Waals surface area contributed by atoms with Gasteiger partial charge in [-0.15, -0.1) is 0 Å². The first-order valence-electron chi connectivity index (χ1n) is 11.9. The molecule has 2 aromatic carbocycles. The number of rotatable bonds is 11. The molecule has 1 saturated heterocycles. The van der Waals surface area contributed by atoms with Gasteiger partial charge in [-0.2, -0.15) is 10.1 Å². The van der Waals surface area contributed by atoms with Gasteiger partial charge in [-0.3, -0.25) is 13.9 Å². The largest absolute Gasteiger partial charge is 0.460 e. The normalized spacial score (nSPS) is 20.6. The van der Waals surface area contributed by atoms with Gasteiger partial charge in [-0.25, -0.2) is 18.1 Å². The van der Waals surface area contributed by atoms with E-state index in [1.165, 1.54) is 25.1 Å². The lowest BCUT2D eigenvalue weighted by Gasteiger charge is -2.24. The molecule has 0 aliphatic carbocycles. The monoisotopic (exact) mass is 564 g/mol. The minimum atomic E-state index is -4.32. The number of benzene rings is 2. The zero-order valence-corrected chi connectivity index (χ0v) is 21.7. The fourth-order valence-electron chi connectivity index (χ4n) is 3.74. The van der Waals surface area contributed by atoms with E-state index in [1.54, 1.807) is 42.5 Å². The summed E-state index contributed by atoms with van der Waals surface area (Å²) in [6.07, 6.45) is -3.03. The number of anilines is 1. The van der Waals surface area contributed by atoms with Crippen LogP contribution < -0.4 is 21.0 Å². The first-order chi connectivity index (χ1) is 18.5. The van der Waals surface area contributed by atoms with Crippen LogP contribution in [-0.2, 0) is 30.0 Å². The summed E-state index contributed by atoms with van der Waals surface area (Å²) in [5.74, 6) is -4.19. The van der Waals surface area contributed by atoms with Crippen molar-refractivity contribution in [2.24, 2.45) is 0 Å². The first-order valence-corrected chi connectivity index (χ1v) is 13.4. The number of nitrogen functional groups attached to an aromatic ring is 1. The molecular weight excluding hydrogens is 537 g/mol. The van der Waals surface area contributed by atoms with Crippen molar-refractivity contribution in [2.45, 2.75) is 44.2 Å². The molecule has 0 saturated carbocycles. The van der Waals surface area contributed by atoms with Gasteiger partial charge in [-0.05, 0) is 30.7 Å². The highest BCUT2D eigenvalue weighted by molar-refractivity contribution is 7.52. The number of para-hydroxylation sites is 1. The molecule has 14 heteroatoms. The van der Waals surface area contributed by atoms with E-state index in [0.717, 1.165) is 11.8 Å². The smallest absolute Gasteiger partial charge is 0.459 e. The van der Waals surface area contributed by atoms with Gasteiger partial charge in [0.05, 0.1) is 12.7 Å². The molecule has 208 valence electrons. The molecule has 0 spiro atoms. The number of nitrogens with zero attached hydrogens (tertiary/aromatic N) is 2. The molecule has 39 heavy (non-hydrogen) atoms. The zero-order valence-electron chi connectivity index (χ0n) is 20.8. The third kappa shape index (κ3) is 7.48. The van der Waals surface area contributed by atoms with Gasteiger partial charge in [0.2, 0.25) is 6.23 Å². The molecule has 4 atom stereocenters. The number of ether oxygens (including phenoxy) is 2. The third-order valence-corrected chi connectivity index (χ3v) is 7.26. The van der Waals surface area contributed by atoms with Gasteiger partial charge in [0, 0.05) is 12.6 Å². The fraction of sp³-hybridized carbons (Fsp3) is 0.320. The highest BCUT2D eigenvalue weighted by atomic mass is 31.2. The molecule has 1 aliphatic heterocycles. The summed E-state index contributed by atoms with van der Waals surface area (Å²) in [6.45, 7) is 0.780. The van der Waals surface area contributed by atoms with Crippen molar-refractivity contribution in [1.29, 1.82) is 0 Å². The predicted octanol–water partition coefficient (Wildman–Crippen LogP) is 3.67. The summed E-state index contributed by atoms with van der Waals surface area (Å²) >= 11 is 0. The second-order valence-electron chi connectivity index (χ2n) is 8.76. The molecule has 1 aromatic heterocycles. The summed E-state index contributed by atoms with van der Waals surface area (Å²) in [4.78, 5) is 28.1. The topological polar surface area (TPSA) is 144 Å². The van der Waals surface area contributed by atoms with E-state index in [4.69, 9.17) is 24.3 Å². The van der Waals surface area contributed by atoms with Crippen LogP contribution in [0.5, 0.6) is 5.75 Å². The molecule has 11 nitrogen and oxygen atoms in total. The van der Waals surface area contributed by atoms with Crippen LogP contribution >= 0.6 is 7.75 Å². The molecule has 4 rings (SSSR count). The minimum absolute atomic E-state index is 0.0118. The zero-order chi connectivity index (χ0) is 28.0. The fourth-order valence-corrected chi connectivity index (χ4v) is 5.26. The Kier molecular flexibility index (Phi) is 8.76. The standard InChI is InChI=1S/C25H27F2N4O7P/c1-17(22(32)35-15-18-8-4-2-5-9-18)30-39(34,38-19-10-6-3-7-11-19)36-16-20-14-25(26,27)23(37-20)31-13-12-21(28)29-24(31)33/h2-13,17,20,23H,14-16H2,1H3,(H,30,34)(H2,28,29,33)/t17-,20-,23+,39-/m0/s1. The first kappa shape index (κ1) is 28.4. The number of halogens is 2. The van der Waals surface area contributed by atoms with Crippen LogP contribution in [0.4, 0.5) is 14.6 Å². The number of nitrogens with one attached hydrogen (secondary N) is 1. The second kappa shape index (κ2) is 12.0. The van der Waals surface area contributed by atoms with E-state index in [2.05, 4.69) is 10.1 Å². The number of hydrogen-bond donors (Lipinski definition) is 2. The van der Waals surface area contributed by atoms with Crippen LogP contribution in [0.2, 0.25) is 0 Å². The maximum absolute atomic E-state index is 14.8. The molecule has 2 heterocycles. The summed E-state index contributed by atoms with van der Waals surface area (Å²) in [6, 6.07) is 17.0. The van der Waals surface area contributed by atoms with Crippen molar-refractivity contribution in [3.8, 4) is 5.75 Å². The lowest BCUT2D eigenvalue weighted by atomic mass is 10.2. The van der Waals surface area contributed by atoms with E-state index >= 15 is 0 Å². The van der Waals surface area contributed by atoms with Crippen LogP contribution in [-0.4, -0.2) is 40.2 Å². The molecule has 0 unspecified atom stereocenters. The van der Waals surface area contributed by atoms with E-state index in [1.807, 2.05) is 6.07 Å². The Bertz CT molecular complexity index is 1380. The number of hydrogen-bond acceptors (Lipinski definition) is 9. The van der Waals surface area contributed by atoms with Crippen molar-refractivity contribution in [2.75, 3.05) is 12.3 Å². The van der Waals surface area contributed by atoms with Gasteiger partial charge in [-0.1, -0.05) is 48.5 Å². The molecule has 0 bridgehead atoms. The molecular formula is C25H27F2N4O7P. The number of alkyl halides is 2. The van der Waals surface area contributed by atoms with Crippen molar-refractivity contribution in [3.05, 3.63) is 89.0 Å². The summed E-state index contributed by atoms with van der Waals surface area (Å²) in [5, 5.41) is 2.50. The quantitative estimate of drug-likeness (QED) is 0.261. The average Bonchev–Trinajstić information content (AvgIpc) is 3.21. The Morgan fingerprint density at radius 1 is 1.21 bits per heavy atom. The molecule has 3 aromatic rings. The van der Waals surface area contributed by atoms with Gasteiger partial charge < -0.3 is 19.7 Å². The number of carbonyl (C=O) groups excluding carboxylic acids is 1. The van der Waals surface area contributed by atoms with Crippen molar-refractivity contribution in [1.82, 2.24) is 14.6 Å². The number of nitrogens with two attached hydrogens (primary N) is 1. The van der Waals surface area contributed by atoms with Crippen LogP contribution in [0.25, 0.3) is 0 Å². The van der Waals surface area contributed by atoms with Crippen LogP contribution in [0.1, 0.15) is 25.1 Å². The molecule has 0 amide bonds. The van der Waals surface area contributed by atoms with Gasteiger partial charge in [0.15, 0.2) is 0 Å². The Labute approximate surface area is 222 Å². The lowest BCUT2D eigenvalue weighted by molar-refractivity contribution is -0.146. The summed E-state index contributed by atoms with van der Waals surface area (Å²) in [5.41, 5.74) is 5.17. The summed E-state index contributed by atoms with van der Waals surface area (Å²) < 4.78 is 65.4. The number of esters is 1. The van der Waals surface area contributed by atoms with E-state index in [-0.39, 0.29) is 18.2 Å². The summed E-state index contributed by atoms with van der Waals surface area (Å²) in [7, 11) is -4.32. The molecule has 3 N–H and O–H groups in total. The van der Waals surface area contributed by atoms with E-state index in [0.29, 0.717) is 4.57 Å². The maximum Gasteiger partial charge on any atom is 0.459 e. The highest BCUT2D eigenvalue weighted by Gasteiger charge is 2.52. The maximum atomic E-state index is 14.8. The van der Waals surface area contributed by atoms with E-state index < -0.39 is 56.7 Å². The van der Waals surface area contributed by atoms with Gasteiger partial charge >= 0.3 is 19.4 Å². The number of aromatic nitrogens is 2. The van der Waals surface area contributed by atoms with Gasteiger partial charge in [0.25, 0.3) is 5.92 Å². The van der Waals surface area contributed by atoms with E-state index in [9.17, 15) is 22.9 Å².